The first kappa shape index (κ1) is 18.1. The summed E-state index contributed by atoms with van der Waals surface area (Å²) in [6.07, 6.45) is 0. The summed E-state index contributed by atoms with van der Waals surface area (Å²) in [7, 11) is 0. The summed E-state index contributed by atoms with van der Waals surface area (Å²) < 4.78 is 5.37. The summed E-state index contributed by atoms with van der Waals surface area (Å²) in [5.74, 6) is 0.123. The number of nitrogens with one attached hydrogen (secondary N) is 3. The molecule has 25 heavy (non-hydrogen) atoms. The molecular weight excluding hydrogens is 320 g/mol. The highest BCUT2D eigenvalue weighted by Gasteiger charge is 2.06. The van der Waals surface area contributed by atoms with Gasteiger partial charge in [0.1, 0.15) is 5.75 Å². The minimum atomic E-state index is -0.256. The quantitative estimate of drug-likeness (QED) is 0.485. The van der Waals surface area contributed by atoms with Crippen LogP contribution in [0.4, 0.5) is 5.69 Å². The third kappa shape index (κ3) is 6.06. The van der Waals surface area contributed by atoms with Gasteiger partial charge in [-0.05, 0) is 31.2 Å². The molecule has 0 fully saturated rings. The van der Waals surface area contributed by atoms with E-state index in [1.807, 2.05) is 24.2 Å². The Bertz CT molecular complexity index is 727. The standard InChI is InChI=1S/C18H20N4O3/c1-13-2-8-16(9-3-13)25-12-17(23)20-10-11-21-18(24)14-4-6-15(22-19)7-5-14/h2-9,22H,10-12H2,1H3,(H,20,23)(H,21,24). The molecule has 0 aliphatic heterocycles. The Hall–Kier alpha value is -3.22. The number of ether oxygens (including phenoxy) is 1. The summed E-state index contributed by atoms with van der Waals surface area (Å²) in [4.78, 5) is 23.6. The summed E-state index contributed by atoms with van der Waals surface area (Å²) in [5, 5.41) is 7.36. The Balaban J connectivity index is 1.64. The number of rotatable bonds is 8. The van der Waals surface area contributed by atoms with E-state index < -0.39 is 0 Å². The van der Waals surface area contributed by atoms with E-state index in [9.17, 15) is 9.59 Å². The molecule has 0 aliphatic carbocycles. The number of aryl methyl sites for hydroxylation is 1. The van der Waals surface area contributed by atoms with Crippen LogP contribution in [0.3, 0.4) is 0 Å². The molecule has 3 N–H and O–H groups in total. The third-order valence-electron chi connectivity index (χ3n) is 3.40. The molecule has 0 bridgehead atoms. The molecule has 7 nitrogen and oxygen atoms in total. The van der Waals surface area contributed by atoms with E-state index in [1.165, 1.54) is 0 Å². The van der Waals surface area contributed by atoms with Gasteiger partial charge < -0.3 is 20.9 Å². The van der Waals surface area contributed by atoms with Crippen LogP contribution in [0, 0.1) is 6.92 Å². The zero-order valence-electron chi connectivity index (χ0n) is 13.9. The van der Waals surface area contributed by atoms with E-state index in [1.54, 1.807) is 36.4 Å². The maximum atomic E-state index is 11.9. The first-order chi connectivity index (χ1) is 12.1. The van der Waals surface area contributed by atoms with Gasteiger partial charge in [-0.3, -0.25) is 14.7 Å². The predicted molar refractivity (Wildman–Crippen MR) is 92.4 cm³/mol. The average molecular weight is 340 g/mol. The Morgan fingerprint density at radius 1 is 1.00 bits per heavy atom. The molecule has 7 heteroatoms. The molecule has 0 saturated heterocycles. The maximum Gasteiger partial charge on any atom is 0.258 e. The van der Waals surface area contributed by atoms with Crippen molar-refractivity contribution in [2.45, 2.75) is 6.92 Å². The van der Waals surface area contributed by atoms with Gasteiger partial charge >= 0.3 is 0 Å². The fraction of sp³-hybridized carbons (Fsp3) is 0.222. The monoisotopic (exact) mass is 340 g/mol. The number of nitrogens with zero attached hydrogens (tertiary/aromatic N) is 1. The number of carbonyl (C=O) groups excluding carboxylic acids is 2. The van der Waals surface area contributed by atoms with Crippen LogP contribution in [0.15, 0.2) is 48.5 Å². The molecule has 0 heterocycles. The summed E-state index contributed by atoms with van der Waals surface area (Å²) >= 11 is 0. The second kappa shape index (κ2) is 9.17. The molecule has 130 valence electrons. The van der Waals surface area contributed by atoms with Crippen LogP contribution >= 0.6 is 0 Å². The smallest absolute Gasteiger partial charge is 0.258 e. The zero-order valence-corrected chi connectivity index (χ0v) is 13.9. The van der Waals surface area contributed by atoms with Crippen LogP contribution in [-0.4, -0.2) is 31.5 Å². The number of carbonyl (C=O) groups is 2. The maximum absolute atomic E-state index is 11.9. The fourth-order valence-corrected chi connectivity index (χ4v) is 2.01. The summed E-state index contributed by atoms with van der Waals surface area (Å²) in [6, 6.07) is 13.8. The van der Waals surface area contributed by atoms with Crippen molar-refractivity contribution in [3.63, 3.8) is 0 Å². The molecular formula is C18H20N4O3. The highest BCUT2D eigenvalue weighted by Crippen LogP contribution is 2.10. The second-order valence-corrected chi connectivity index (χ2v) is 5.40. The molecule has 0 saturated carbocycles. The predicted octanol–water partition coefficient (Wildman–Crippen LogP) is 0.654. The normalized spacial score (nSPS) is 9.96. The Morgan fingerprint density at radius 2 is 1.64 bits per heavy atom. The Kier molecular flexibility index (Phi) is 6.65. The van der Waals surface area contributed by atoms with Gasteiger partial charge in [0.15, 0.2) is 12.3 Å². The molecule has 0 unspecified atom stereocenters. The van der Waals surface area contributed by atoms with Gasteiger partial charge in [-0.2, -0.15) is 0 Å². The lowest BCUT2D eigenvalue weighted by Gasteiger charge is -2.09. The SMILES string of the molecule is Cc1ccc(OCC(=O)NCCNC(=O)c2ccc([NH+]=[N-])cc2)cc1. The molecule has 0 spiro atoms. The van der Waals surface area contributed by atoms with Gasteiger partial charge in [0, 0.05) is 30.8 Å². The van der Waals surface area contributed by atoms with Crippen LogP contribution in [0.1, 0.15) is 15.9 Å². The largest absolute Gasteiger partial charge is 0.502 e. The molecule has 2 aromatic rings. The van der Waals surface area contributed by atoms with Crippen molar-refractivity contribution >= 4 is 17.5 Å². The van der Waals surface area contributed by atoms with E-state index in [4.69, 9.17) is 10.3 Å². The van der Waals surface area contributed by atoms with Gasteiger partial charge in [0.25, 0.3) is 11.8 Å². The zero-order chi connectivity index (χ0) is 18.1. The van der Waals surface area contributed by atoms with E-state index in [2.05, 4.69) is 10.6 Å². The van der Waals surface area contributed by atoms with Gasteiger partial charge in [-0.25, -0.2) is 0 Å². The lowest BCUT2D eigenvalue weighted by Crippen LogP contribution is -2.54. The number of benzene rings is 2. The molecule has 2 amide bonds. The van der Waals surface area contributed by atoms with Crippen LogP contribution < -0.4 is 20.5 Å². The minimum absolute atomic E-state index is 0.0768. The Labute approximate surface area is 145 Å². The van der Waals surface area contributed by atoms with Crippen molar-refractivity contribution in [1.29, 1.82) is 0 Å². The number of amides is 2. The van der Waals surface area contributed by atoms with Crippen molar-refractivity contribution in [2.75, 3.05) is 19.7 Å². The van der Waals surface area contributed by atoms with Gasteiger partial charge in [-0.1, -0.05) is 17.7 Å². The van der Waals surface area contributed by atoms with Gasteiger partial charge in [0.05, 0.1) is 0 Å². The average Bonchev–Trinajstić information content (AvgIpc) is 2.64. The van der Waals surface area contributed by atoms with E-state index >= 15 is 0 Å². The number of hydrogen-bond donors (Lipinski definition) is 3. The van der Waals surface area contributed by atoms with Crippen molar-refractivity contribution in [1.82, 2.24) is 10.6 Å². The van der Waals surface area contributed by atoms with E-state index in [0.717, 1.165) is 5.56 Å². The topological polar surface area (TPSA) is 104 Å². The van der Waals surface area contributed by atoms with Gasteiger partial charge in [-0.15, -0.1) is 0 Å². The lowest BCUT2D eigenvalue weighted by molar-refractivity contribution is -0.379. The van der Waals surface area contributed by atoms with Crippen LogP contribution in [0.5, 0.6) is 5.75 Å². The van der Waals surface area contributed by atoms with Crippen molar-refractivity contribution in [3.05, 3.63) is 65.2 Å². The minimum Gasteiger partial charge on any atom is -0.502 e. The van der Waals surface area contributed by atoms with E-state index in [0.29, 0.717) is 30.1 Å². The first-order valence-electron chi connectivity index (χ1n) is 7.83. The van der Waals surface area contributed by atoms with Crippen molar-refractivity contribution in [2.24, 2.45) is 0 Å². The fourth-order valence-electron chi connectivity index (χ4n) is 2.01. The molecule has 0 radical (unpaired) electrons. The molecule has 0 atom stereocenters. The molecule has 0 aliphatic rings. The van der Waals surface area contributed by atoms with E-state index in [-0.39, 0.29) is 18.4 Å². The van der Waals surface area contributed by atoms with Crippen LogP contribution in [-0.2, 0) is 4.79 Å². The number of hydrogen-bond acceptors (Lipinski definition) is 3. The van der Waals surface area contributed by atoms with Crippen LogP contribution in [0.2, 0.25) is 0 Å². The molecule has 2 rings (SSSR count). The highest BCUT2D eigenvalue weighted by molar-refractivity contribution is 5.94. The Morgan fingerprint density at radius 3 is 2.28 bits per heavy atom. The summed E-state index contributed by atoms with van der Waals surface area (Å²) in [5.41, 5.74) is 10.8. The third-order valence-corrected chi connectivity index (χ3v) is 3.40. The van der Waals surface area contributed by atoms with Crippen molar-refractivity contribution < 1.29 is 19.4 Å². The van der Waals surface area contributed by atoms with Gasteiger partial charge in [0.2, 0.25) is 0 Å². The lowest BCUT2D eigenvalue weighted by atomic mass is 10.2. The van der Waals surface area contributed by atoms with Crippen molar-refractivity contribution in [3.8, 4) is 5.75 Å². The molecule has 0 aromatic heterocycles. The second-order valence-electron chi connectivity index (χ2n) is 5.40. The molecule has 2 aromatic carbocycles. The summed E-state index contributed by atoms with van der Waals surface area (Å²) in [6.45, 7) is 2.50. The first-order valence-corrected chi connectivity index (χ1v) is 7.83. The highest BCUT2D eigenvalue weighted by atomic mass is 16.5. The van der Waals surface area contributed by atoms with Crippen LogP contribution in [0.25, 0.3) is 5.53 Å².